The Kier molecular flexibility index (Phi) is 3.76. The molecule has 2 heterocycles. The third-order valence-electron chi connectivity index (χ3n) is 2.96. The van der Waals surface area contributed by atoms with Gasteiger partial charge in [0.2, 0.25) is 4.77 Å². The van der Waals surface area contributed by atoms with Crippen molar-refractivity contribution < 1.29 is 4.39 Å². The zero-order chi connectivity index (χ0) is 14.8. The molecule has 0 amide bonds. The average Bonchev–Trinajstić information content (AvgIpc) is 3.04. The van der Waals surface area contributed by atoms with E-state index in [9.17, 15) is 4.39 Å². The van der Waals surface area contributed by atoms with Crippen molar-refractivity contribution in [2.24, 2.45) is 5.10 Å². The number of hydrogen-bond donors (Lipinski definition) is 1. The van der Waals surface area contributed by atoms with E-state index in [2.05, 4.69) is 15.3 Å². The number of benzene rings is 1. The maximum Gasteiger partial charge on any atom is 0.216 e. The van der Waals surface area contributed by atoms with Gasteiger partial charge in [0.15, 0.2) is 5.82 Å². The number of rotatable bonds is 3. The van der Waals surface area contributed by atoms with Crippen LogP contribution in [0.4, 0.5) is 4.39 Å². The summed E-state index contributed by atoms with van der Waals surface area (Å²) in [7, 11) is 0. The Labute approximate surface area is 129 Å². The first-order valence-corrected chi connectivity index (χ1v) is 7.46. The number of thiophene rings is 1. The second kappa shape index (κ2) is 5.71. The number of hydrogen-bond acceptors (Lipinski definition) is 4. The summed E-state index contributed by atoms with van der Waals surface area (Å²) in [6.07, 6.45) is 1.70. The fourth-order valence-corrected chi connectivity index (χ4v) is 2.80. The summed E-state index contributed by atoms with van der Waals surface area (Å²) >= 11 is 6.74. The average molecular weight is 318 g/mol. The van der Waals surface area contributed by atoms with Gasteiger partial charge in [0, 0.05) is 0 Å². The van der Waals surface area contributed by atoms with Gasteiger partial charge in [0.1, 0.15) is 5.82 Å². The molecule has 0 bridgehead atoms. The Morgan fingerprint density at radius 3 is 2.90 bits per heavy atom. The summed E-state index contributed by atoms with van der Waals surface area (Å²) in [5.74, 6) is -0.0150. The molecular formula is C14H11FN4S2. The standard InChI is InChI=1S/C14H11FN4S2/c1-9-6-7-21-12(9)8-16-19-13(17-18-14(19)20)10-4-2-3-5-11(10)15/h2-8H,1H3,(H,18,20)/b16-8+. The number of halogens is 1. The fourth-order valence-electron chi connectivity index (χ4n) is 1.84. The molecule has 106 valence electrons. The van der Waals surface area contributed by atoms with Gasteiger partial charge in [-0.1, -0.05) is 12.1 Å². The lowest BCUT2D eigenvalue weighted by Crippen LogP contribution is -1.96. The minimum atomic E-state index is -0.366. The van der Waals surface area contributed by atoms with Gasteiger partial charge in [-0.25, -0.2) is 9.49 Å². The molecule has 3 rings (SSSR count). The molecule has 3 aromatic rings. The minimum Gasteiger partial charge on any atom is -0.250 e. The number of nitrogens with zero attached hydrogens (tertiary/aromatic N) is 3. The maximum absolute atomic E-state index is 13.9. The molecule has 4 nitrogen and oxygen atoms in total. The highest BCUT2D eigenvalue weighted by Gasteiger charge is 2.12. The molecule has 0 aliphatic carbocycles. The van der Waals surface area contributed by atoms with Crippen molar-refractivity contribution in [3.63, 3.8) is 0 Å². The molecule has 0 saturated carbocycles. The van der Waals surface area contributed by atoms with E-state index in [4.69, 9.17) is 12.2 Å². The zero-order valence-corrected chi connectivity index (χ0v) is 12.7. The molecule has 0 atom stereocenters. The molecule has 0 fully saturated rings. The molecule has 0 unspecified atom stereocenters. The van der Waals surface area contributed by atoms with E-state index >= 15 is 0 Å². The van der Waals surface area contributed by atoms with E-state index in [1.165, 1.54) is 10.7 Å². The van der Waals surface area contributed by atoms with Crippen molar-refractivity contribution in [2.75, 3.05) is 0 Å². The third kappa shape index (κ3) is 2.70. The molecule has 0 aliphatic heterocycles. The van der Waals surface area contributed by atoms with E-state index in [0.717, 1.165) is 10.4 Å². The topological polar surface area (TPSA) is 46.0 Å². The molecule has 0 spiro atoms. The van der Waals surface area contributed by atoms with Crippen molar-refractivity contribution in [1.29, 1.82) is 0 Å². The van der Waals surface area contributed by atoms with Crippen molar-refractivity contribution in [2.45, 2.75) is 6.92 Å². The van der Waals surface area contributed by atoms with Gasteiger partial charge in [-0.15, -0.1) is 11.3 Å². The van der Waals surface area contributed by atoms with E-state index in [1.54, 1.807) is 35.8 Å². The molecule has 21 heavy (non-hydrogen) atoms. The second-order valence-electron chi connectivity index (χ2n) is 4.36. The van der Waals surface area contributed by atoms with Gasteiger partial charge in [-0.2, -0.15) is 14.9 Å². The lowest BCUT2D eigenvalue weighted by atomic mass is 10.2. The van der Waals surface area contributed by atoms with E-state index in [0.29, 0.717) is 16.2 Å². The summed E-state index contributed by atoms with van der Waals surface area (Å²) in [4.78, 5) is 1.03. The molecule has 1 aromatic carbocycles. The van der Waals surface area contributed by atoms with Crippen LogP contribution in [0.5, 0.6) is 0 Å². The molecule has 0 saturated heterocycles. The van der Waals surface area contributed by atoms with Crippen LogP contribution in [0.2, 0.25) is 0 Å². The van der Waals surface area contributed by atoms with Crippen molar-refractivity contribution >= 4 is 29.8 Å². The van der Waals surface area contributed by atoms with Gasteiger partial charge in [-0.05, 0) is 48.3 Å². The minimum absolute atomic E-state index is 0.318. The molecule has 7 heteroatoms. The number of H-pyrrole nitrogens is 1. The zero-order valence-electron chi connectivity index (χ0n) is 11.1. The monoisotopic (exact) mass is 318 g/mol. The number of aryl methyl sites for hydroxylation is 1. The Bertz CT molecular complexity index is 860. The van der Waals surface area contributed by atoms with Crippen LogP contribution in [-0.2, 0) is 0 Å². The van der Waals surface area contributed by atoms with Crippen LogP contribution >= 0.6 is 23.6 Å². The van der Waals surface area contributed by atoms with E-state index in [1.807, 2.05) is 18.4 Å². The normalized spacial score (nSPS) is 11.3. The second-order valence-corrected chi connectivity index (χ2v) is 5.69. The molecule has 1 N–H and O–H groups in total. The largest absolute Gasteiger partial charge is 0.250 e. The predicted molar refractivity (Wildman–Crippen MR) is 84.9 cm³/mol. The Balaban J connectivity index is 2.07. The smallest absolute Gasteiger partial charge is 0.216 e. The van der Waals surface area contributed by atoms with Gasteiger partial charge in [0.05, 0.1) is 16.7 Å². The summed E-state index contributed by atoms with van der Waals surface area (Å²) in [5.41, 5.74) is 1.48. The van der Waals surface area contributed by atoms with Gasteiger partial charge in [0.25, 0.3) is 0 Å². The lowest BCUT2D eigenvalue weighted by molar-refractivity contribution is 0.628. The van der Waals surface area contributed by atoms with Gasteiger partial charge < -0.3 is 0 Å². The van der Waals surface area contributed by atoms with Crippen LogP contribution in [-0.4, -0.2) is 21.1 Å². The van der Waals surface area contributed by atoms with Gasteiger partial charge >= 0.3 is 0 Å². The highest BCUT2D eigenvalue weighted by Crippen LogP contribution is 2.21. The van der Waals surface area contributed by atoms with Crippen molar-refractivity contribution in [3.8, 4) is 11.4 Å². The third-order valence-corrected chi connectivity index (χ3v) is 4.18. The maximum atomic E-state index is 13.9. The number of aromatic amines is 1. The molecule has 2 aromatic heterocycles. The quantitative estimate of drug-likeness (QED) is 0.586. The first-order chi connectivity index (χ1) is 10.2. The Hall–Kier alpha value is -2.12. The summed E-state index contributed by atoms with van der Waals surface area (Å²) in [6.45, 7) is 2.00. The summed E-state index contributed by atoms with van der Waals surface area (Å²) < 4.78 is 15.6. The van der Waals surface area contributed by atoms with Crippen molar-refractivity contribution in [3.05, 3.63) is 56.7 Å². The van der Waals surface area contributed by atoms with Gasteiger partial charge in [-0.3, -0.25) is 0 Å². The van der Waals surface area contributed by atoms with Crippen LogP contribution < -0.4 is 0 Å². The van der Waals surface area contributed by atoms with E-state index < -0.39 is 0 Å². The highest BCUT2D eigenvalue weighted by molar-refractivity contribution is 7.71. The van der Waals surface area contributed by atoms with Crippen LogP contribution in [0.1, 0.15) is 10.4 Å². The number of aromatic nitrogens is 3. The highest BCUT2D eigenvalue weighted by atomic mass is 32.1. The first kappa shape index (κ1) is 13.8. The number of nitrogens with one attached hydrogen (secondary N) is 1. The SMILES string of the molecule is Cc1ccsc1/C=N/n1c(-c2ccccc2F)n[nH]c1=S. The van der Waals surface area contributed by atoms with Crippen LogP contribution in [0.25, 0.3) is 11.4 Å². The Morgan fingerprint density at radius 2 is 2.19 bits per heavy atom. The first-order valence-electron chi connectivity index (χ1n) is 6.17. The molecule has 0 aliphatic rings. The van der Waals surface area contributed by atoms with Crippen LogP contribution in [0, 0.1) is 17.5 Å². The fraction of sp³-hybridized carbons (Fsp3) is 0.0714. The predicted octanol–water partition coefficient (Wildman–Crippen LogP) is 4.00. The van der Waals surface area contributed by atoms with Crippen molar-refractivity contribution in [1.82, 2.24) is 14.9 Å². The Morgan fingerprint density at radius 1 is 1.38 bits per heavy atom. The van der Waals surface area contributed by atoms with Crippen LogP contribution in [0.3, 0.4) is 0 Å². The summed E-state index contributed by atoms with van der Waals surface area (Å²) in [6, 6.07) is 8.40. The van der Waals surface area contributed by atoms with Crippen LogP contribution in [0.15, 0.2) is 40.8 Å². The molecule has 0 radical (unpaired) electrons. The lowest BCUT2D eigenvalue weighted by Gasteiger charge is -2.01. The van der Waals surface area contributed by atoms with E-state index in [-0.39, 0.29) is 5.82 Å². The molecular weight excluding hydrogens is 307 g/mol. The summed E-state index contributed by atoms with van der Waals surface area (Å²) in [5, 5.41) is 13.0.